The molecule has 1 N–H and O–H groups in total. The second-order valence-electron chi connectivity index (χ2n) is 6.71. The minimum absolute atomic E-state index is 0.193. The predicted molar refractivity (Wildman–Crippen MR) is 106 cm³/mol. The van der Waals surface area contributed by atoms with Crippen molar-refractivity contribution in [2.24, 2.45) is 4.99 Å². The molecule has 2 aliphatic rings. The Morgan fingerprint density at radius 2 is 2.04 bits per heavy atom. The number of nitrogens with one attached hydrogen (secondary N) is 1. The van der Waals surface area contributed by atoms with E-state index in [0.717, 1.165) is 63.1 Å². The number of hydrogen-bond acceptors (Lipinski definition) is 5. The van der Waals surface area contributed by atoms with Gasteiger partial charge in [-0.3, -0.25) is 4.99 Å². The number of hydrogen-bond donors (Lipinski definition) is 1. The summed E-state index contributed by atoms with van der Waals surface area (Å²) in [4.78, 5) is 7.11. The van der Waals surface area contributed by atoms with Crippen LogP contribution >= 0.6 is 11.8 Å². The van der Waals surface area contributed by atoms with Crippen molar-refractivity contribution in [3.8, 4) is 11.5 Å². The summed E-state index contributed by atoms with van der Waals surface area (Å²) in [7, 11) is 2.07. The standard InChI is InChI=1S/C19H29N3O3S/c1-4-20-18(21-13-19(26-3)7-9-23-10-8-19)22(2)12-15-5-6-16-17(11-15)25-14-24-16/h5-6,11H,4,7-10,12-14H2,1-3H3,(H,20,21). The van der Waals surface area contributed by atoms with Crippen LogP contribution in [0.3, 0.4) is 0 Å². The van der Waals surface area contributed by atoms with Crippen LogP contribution in [-0.2, 0) is 11.3 Å². The molecule has 2 heterocycles. The molecular formula is C19H29N3O3S. The minimum Gasteiger partial charge on any atom is -0.454 e. The SMILES string of the molecule is CCNC(=NCC1(SC)CCOCC1)N(C)Cc1ccc2c(c1)OCO2. The van der Waals surface area contributed by atoms with E-state index in [1.54, 1.807) is 0 Å². The van der Waals surface area contributed by atoms with Gasteiger partial charge in [0, 0.05) is 38.1 Å². The molecule has 0 saturated carbocycles. The molecule has 0 aromatic heterocycles. The van der Waals surface area contributed by atoms with Gasteiger partial charge in [-0.15, -0.1) is 0 Å². The van der Waals surface area contributed by atoms with Crippen LogP contribution in [0.4, 0.5) is 0 Å². The van der Waals surface area contributed by atoms with Crippen LogP contribution in [0.25, 0.3) is 0 Å². The lowest BCUT2D eigenvalue weighted by Gasteiger charge is -2.34. The molecule has 26 heavy (non-hydrogen) atoms. The summed E-state index contributed by atoms with van der Waals surface area (Å²) >= 11 is 1.92. The molecule has 0 spiro atoms. The van der Waals surface area contributed by atoms with Crippen molar-refractivity contribution in [2.75, 3.05) is 46.4 Å². The number of rotatable bonds is 6. The summed E-state index contributed by atoms with van der Waals surface area (Å²) in [5.74, 6) is 2.57. The Labute approximate surface area is 160 Å². The molecule has 3 rings (SSSR count). The number of fused-ring (bicyclic) bond motifs is 1. The van der Waals surface area contributed by atoms with Crippen molar-refractivity contribution < 1.29 is 14.2 Å². The summed E-state index contributed by atoms with van der Waals surface area (Å²) in [6.07, 6.45) is 4.30. The van der Waals surface area contributed by atoms with Crippen LogP contribution in [0.1, 0.15) is 25.3 Å². The van der Waals surface area contributed by atoms with Gasteiger partial charge >= 0.3 is 0 Å². The van der Waals surface area contributed by atoms with Crippen LogP contribution in [-0.4, -0.2) is 62.0 Å². The maximum atomic E-state index is 5.53. The zero-order valence-corrected chi connectivity index (χ0v) is 16.7. The van der Waals surface area contributed by atoms with E-state index in [1.165, 1.54) is 5.56 Å². The predicted octanol–water partition coefficient (Wildman–Crippen LogP) is 2.72. The Morgan fingerprint density at radius 1 is 1.27 bits per heavy atom. The van der Waals surface area contributed by atoms with E-state index in [4.69, 9.17) is 19.2 Å². The Bertz CT molecular complexity index is 632. The third kappa shape index (κ3) is 4.57. The van der Waals surface area contributed by atoms with Gasteiger partial charge in [0.1, 0.15) is 0 Å². The highest BCUT2D eigenvalue weighted by molar-refractivity contribution is 8.00. The van der Waals surface area contributed by atoms with Gasteiger partial charge in [-0.2, -0.15) is 11.8 Å². The first-order valence-electron chi connectivity index (χ1n) is 9.17. The normalized spacial score (nSPS) is 18.7. The zero-order valence-electron chi connectivity index (χ0n) is 15.9. The smallest absolute Gasteiger partial charge is 0.231 e. The molecule has 0 radical (unpaired) electrons. The summed E-state index contributed by atoms with van der Waals surface area (Å²) in [6.45, 7) is 6.49. The van der Waals surface area contributed by atoms with Crippen LogP contribution < -0.4 is 14.8 Å². The second-order valence-corrected chi connectivity index (χ2v) is 7.99. The Kier molecular flexibility index (Phi) is 6.53. The molecule has 0 atom stereocenters. The maximum Gasteiger partial charge on any atom is 0.231 e. The van der Waals surface area contributed by atoms with Crippen molar-refractivity contribution in [3.05, 3.63) is 23.8 Å². The molecule has 0 unspecified atom stereocenters. The van der Waals surface area contributed by atoms with E-state index in [2.05, 4.69) is 36.5 Å². The maximum absolute atomic E-state index is 5.53. The highest BCUT2D eigenvalue weighted by Crippen LogP contribution is 2.34. The fraction of sp³-hybridized carbons (Fsp3) is 0.632. The molecule has 1 aromatic carbocycles. The summed E-state index contributed by atoms with van der Waals surface area (Å²) in [5, 5.41) is 3.42. The lowest BCUT2D eigenvalue weighted by molar-refractivity contribution is 0.0793. The van der Waals surface area contributed by atoms with Crippen molar-refractivity contribution >= 4 is 17.7 Å². The third-order valence-electron chi connectivity index (χ3n) is 4.91. The molecule has 1 saturated heterocycles. The van der Waals surface area contributed by atoms with Gasteiger partial charge in [0.15, 0.2) is 17.5 Å². The Balaban J connectivity index is 1.67. The number of guanidine groups is 1. The molecule has 144 valence electrons. The molecular weight excluding hydrogens is 350 g/mol. The van der Waals surface area contributed by atoms with E-state index in [1.807, 2.05) is 23.9 Å². The summed E-state index contributed by atoms with van der Waals surface area (Å²) < 4.78 is 16.6. The Hall–Kier alpha value is -1.60. The highest BCUT2D eigenvalue weighted by Gasteiger charge is 2.31. The van der Waals surface area contributed by atoms with E-state index in [0.29, 0.717) is 6.79 Å². The van der Waals surface area contributed by atoms with Crippen LogP contribution in [0.5, 0.6) is 11.5 Å². The fourth-order valence-corrected chi connectivity index (χ4v) is 4.02. The van der Waals surface area contributed by atoms with Crippen LogP contribution in [0, 0.1) is 0 Å². The van der Waals surface area contributed by atoms with E-state index >= 15 is 0 Å². The molecule has 0 bridgehead atoms. The number of nitrogens with zero attached hydrogens (tertiary/aromatic N) is 2. The number of benzene rings is 1. The van der Waals surface area contributed by atoms with Gasteiger partial charge in [0.05, 0.1) is 6.54 Å². The van der Waals surface area contributed by atoms with Gasteiger partial charge in [-0.05, 0) is 43.7 Å². The van der Waals surface area contributed by atoms with Crippen molar-refractivity contribution in [1.29, 1.82) is 0 Å². The first-order valence-corrected chi connectivity index (χ1v) is 10.4. The van der Waals surface area contributed by atoms with E-state index in [9.17, 15) is 0 Å². The van der Waals surface area contributed by atoms with Crippen molar-refractivity contribution in [3.63, 3.8) is 0 Å². The average Bonchev–Trinajstić information content (AvgIpc) is 3.13. The lowest BCUT2D eigenvalue weighted by Crippen LogP contribution is -2.41. The first kappa shape index (κ1) is 19.2. The van der Waals surface area contributed by atoms with Gasteiger partial charge in [-0.1, -0.05) is 6.07 Å². The number of ether oxygens (including phenoxy) is 3. The topological polar surface area (TPSA) is 55.3 Å². The van der Waals surface area contributed by atoms with E-state index in [-0.39, 0.29) is 4.75 Å². The molecule has 1 aromatic rings. The molecule has 0 amide bonds. The largest absolute Gasteiger partial charge is 0.454 e. The molecule has 0 aliphatic carbocycles. The Morgan fingerprint density at radius 3 is 2.77 bits per heavy atom. The molecule has 1 fully saturated rings. The van der Waals surface area contributed by atoms with Gasteiger partial charge in [0.25, 0.3) is 0 Å². The van der Waals surface area contributed by atoms with Crippen LogP contribution in [0.2, 0.25) is 0 Å². The quantitative estimate of drug-likeness (QED) is 0.606. The zero-order chi connectivity index (χ0) is 18.4. The van der Waals surface area contributed by atoms with Gasteiger partial charge < -0.3 is 24.4 Å². The fourth-order valence-electron chi connectivity index (χ4n) is 3.25. The average molecular weight is 380 g/mol. The summed E-state index contributed by atoms with van der Waals surface area (Å²) in [5.41, 5.74) is 1.17. The second kappa shape index (κ2) is 8.86. The highest BCUT2D eigenvalue weighted by atomic mass is 32.2. The molecule has 7 heteroatoms. The molecule has 6 nitrogen and oxygen atoms in total. The first-order chi connectivity index (χ1) is 12.7. The van der Waals surface area contributed by atoms with Crippen molar-refractivity contribution in [2.45, 2.75) is 31.1 Å². The van der Waals surface area contributed by atoms with Crippen molar-refractivity contribution in [1.82, 2.24) is 10.2 Å². The van der Waals surface area contributed by atoms with Gasteiger partial charge in [-0.25, -0.2) is 0 Å². The summed E-state index contributed by atoms with van der Waals surface area (Å²) in [6, 6.07) is 6.10. The third-order valence-corrected chi connectivity index (χ3v) is 6.31. The van der Waals surface area contributed by atoms with Gasteiger partial charge in [0.2, 0.25) is 6.79 Å². The number of aliphatic imine (C=N–C) groups is 1. The molecule has 2 aliphatic heterocycles. The lowest BCUT2D eigenvalue weighted by atomic mass is 9.99. The minimum atomic E-state index is 0.193. The van der Waals surface area contributed by atoms with E-state index < -0.39 is 0 Å². The number of thioether (sulfide) groups is 1. The van der Waals surface area contributed by atoms with Crippen LogP contribution in [0.15, 0.2) is 23.2 Å². The monoisotopic (exact) mass is 379 g/mol.